The van der Waals surface area contributed by atoms with Crippen molar-refractivity contribution in [1.29, 1.82) is 0 Å². The van der Waals surface area contributed by atoms with Crippen LogP contribution in [0.25, 0.3) is 0 Å². The van der Waals surface area contributed by atoms with Crippen LogP contribution in [0.4, 0.5) is 0 Å². The maximum atomic E-state index is 11.2. The standard InChI is InChI=1S/3C8H19O2P.Fe/c3*1-3-5-7-11(9,10)8-6-4-2;/h3*3-8H2,1-2H3,(H,9,10);/q;;;+3/p-3. The van der Waals surface area contributed by atoms with E-state index in [2.05, 4.69) is 0 Å². The molecule has 0 aliphatic carbocycles. The number of hydrogen-bond donors (Lipinski definition) is 0. The Kier molecular flexibility index (Phi) is 33.7. The van der Waals surface area contributed by atoms with Crippen molar-refractivity contribution in [3.8, 4) is 0 Å². The van der Waals surface area contributed by atoms with Gasteiger partial charge in [-0.3, -0.25) is 0 Å². The van der Waals surface area contributed by atoms with Crippen LogP contribution in [-0.2, 0) is 30.8 Å². The van der Waals surface area contributed by atoms with E-state index in [1.165, 1.54) is 0 Å². The first kappa shape index (κ1) is 42.2. The number of unbranched alkanes of at least 4 members (excludes halogenated alkanes) is 6. The minimum absolute atomic E-state index is 0. The van der Waals surface area contributed by atoms with Crippen LogP contribution in [0.1, 0.15) is 119 Å². The van der Waals surface area contributed by atoms with E-state index in [4.69, 9.17) is 0 Å². The van der Waals surface area contributed by atoms with Gasteiger partial charge in [-0.15, -0.1) is 0 Å². The van der Waals surface area contributed by atoms with E-state index in [0.717, 1.165) is 77.0 Å². The summed E-state index contributed by atoms with van der Waals surface area (Å²) in [6.45, 7) is 12.1. The Bertz CT molecular complexity index is 449. The molecule has 0 N–H and O–H groups in total. The molecule has 0 spiro atoms. The Hall–Kier alpha value is 1.09. The summed E-state index contributed by atoms with van der Waals surface area (Å²) >= 11 is 0. The van der Waals surface area contributed by atoms with Gasteiger partial charge < -0.3 is 28.4 Å². The van der Waals surface area contributed by atoms with Crippen LogP contribution >= 0.6 is 22.1 Å². The predicted octanol–water partition coefficient (Wildman–Crippen LogP) is 6.67. The third kappa shape index (κ3) is 35.3. The SMILES string of the molecule is CCCCP(=O)([O-])CCCC.CCCCP(=O)([O-])CCCC.CCCCP(=O)([O-])CCCC.[Fe+3]. The van der Waals surface area contributed by atoms with Crippen molar-refractivity contribution in [3.63, 3.8) is 0 Å². The zero-order valence-corrected chi connectivity index (χ0v) is 26.7. The topological polar surface area (TPSA) is 120 Å². The molecule has 0 atom stereocenters. The van der Waals surface area contributed by atoms with E-state index in [0.29, 0.717) is 37.0 Å². The zero-order valence-electron chi connectivity index (χ0n) is 22.9. The maximum Gasteiger partial charge on any atom is 3.00 e. The van der Waals surface area contributed by atoms with Crippen molar-refractivity contribution in [3.05, 3.63) is 0 Å². The fourth-order valence-corrected chi connectivity index (χ4v) is 8.19. The molecule has 0 unspecified atom stereocenters. The van der Waals surface area contributed by atoms with Gasteiger partial charge in [0.1, 0.15) is 0 Å². The van der Waals surface area contributed by atoms with E-state index in [9.17, 15) is 28.4 Å². The van der Waals surface area contributed by atoms with Gasteiger partial charge >= 0.3 is 17.1 Å². The molecular formula is C24H54FeO6P3. The van der Waals surface area contributed by atoms with Crippen LogP contribution < -0.4 is 14.7 Å². The van der Waals surface area contributed by atoms with Crippen molar-refractivity contribution in [2.45, 2.75) is 119 Å². The summed E-state index contributed by atoms with van der Waals surface area (Å²) in [6, 6.07) is 0. The summed E-state index contributed by atoms with van der Waals surface area (Å²) < 4.78 is 33.5. The molecular weight excluding hydrogens is 533 g/mol. The van der Waals surface area contributed by atoms with E-state index >= 15 is 0 Å². The molecule has 0 fully saturated rings. The van der Waals surface area contributed by atoms with E-state index < -0.39 is 22.1 Å². The summed E-state index contributed by atoms with van der Waals surface area (Å²) in [4.78, 5) is 33.5. The van der Waals surface area contributed by atoms with Gasteiger partial charge in [0.2, 0.25) is 0 Å². The van der Waals surface area contributed by atoms with Gasteiger partial charge in [0, 0.05) is 22.1 Å². The largest absolute Gasteiger partial charge is 3.00 e. The molecule has 209 valence electrons. The second kappa shape index (κ2) is 27.1. The van der Waals surface area contributed by atoms with Crippen molar-refractivity contribution >= 4 is 22.1 Å². The first-order valence-electron chi connectivity index (χ1n) is 13.2. The van der Waals surface area contributed by atoms with Crippen LogP contribution in [-0.4, -0.2) is 37.0 Å². The molecule has 34 heavy (non-hydrogen) atoms. The molecule has 0 saturated heterocycles. The minimum atomic E-state index is -2.98. The van der Waals surface area contributed by atoms with E-state index in [1.54, 1.807) is 0 Å². The Morgan fingerprint density at radius 1 is 0.382 bits per heavy atom. The van der Waals surface area contributed by atoms with Crippen molar-refractivity contribution in [1.82, 2.24) is 0 Å². The summed E-state index contributed by atoms with van der Waals surface area (Å²) in [5.41, 5.74) is 0. The van der Waals surface area contributed by atoms with E-state index in [-0.39, 0.29) is 17.1 Å². The quantitative estimate of drug-likeness (QED) is 0.130. The van der Waals surface area contributed by atoms with Crippen LogP contribution in [0.2, 0.25) is 0 Å². The van der Waals surface area contributed by atoms with Crippen LogP contribution in [0.5, 0.6) is 0 Å². The fraction of sp³-hybridized carbons (Fsp3) is 1.00. The maximum absolute atomic E-state index is 11.2. The van der Waals surface area contributed by atoms with Gasteiger partial charge in [0.25, 0.3) is 0 Å². The third-order valence-corrected chi connectivity index (χ3v) is 11.1. The van der Waals surface area contributed by atoms with Crippen molar-refractivity contribution in [2.24, 2.45) is 0 Å². The number of rotatable bonds is 18. The average molecular weight is 587 g/mol. The molecule has 0 rings (SSSR count). The second-order valence-electron chi connectivity index (χ2n) is 8.91. The Balaban J connectivity index is -0.000000196. The Labute approximate surface area is 222 Å². The Morgan fingerprint density at radius 2 is 0.500 bits per heavy atom. The zero-order chi connectivity index (χ0) is 26.2. The predicted molar refractivity (Wildman–Crippen MR) is 141 cm³/mol. The third-order valence-electron chi connectivity index (χ3n) is 5.11. The molecule has 0 amide bonds. The molecule has 1 radical (unpaired) electrons. The summed E-state index contributed by atoms with van der Waals surface area (Å²) in [5.74, 6) is 0. The fourth-order valence-electron chi connectivity index (χ4n) is 2.73. The second-order valence-corrected chi connectivity index (χ2v) is 16.5. The van der Waals surface area contributed by atoms with Crippen LogP contribution in [0.3, 0.4) is 0 Å². The monoisotopic (exact) mass is 587 g/mol. The summed E-state index contributed by atoms with van der Waals surface area (Å²) in [5, 5.41) is 0. The van der Waals surface area contributed by atoms with Crippen molar-refractivity contribution in [2.75, 3.05) is 37.0 Å². The average Bonchev–Trinajstić information content (AvgIpc) is 2.77. The molecule has 6 nitrogen and oxygen atoms in total. The van der Waals surface area contributed by atoms with Gasteiger partial charge in [-0.1, -0.05) is 80.1 Å². The van der Waals surface area contributed by atoms with Gasteiger partial charge in [-0.2, -0.15) is 0 Å². The van der Waals surface area contributed by atoms with Gasteiger partial charge in [0.05, 0.1) is 0 Å². The first-order chi connectivity index (χ1) is 15.4. The van der Waals surface area contributed by atoms with Gasteiger partial charge in [-0.05, 0) is 75.5 Å². The molecule has 10 heteroatoms. The summed E-state index contributed by atoms with van der Waals surface area (Å²) in [6.07, 6.45) is 13.2. The molecule has 0 saturated carbocycles. The van der Waals surface area contributed by atoms with E-state index in [1.807, 2.05) is 41.5 Å². The van der Waals surface area contributed by atoms with Crippen molar-refractivity contribution < 1.29 is 45.4 Å². The molecule has 0 aromatic heterocycles. The molecule has 0 aromatic carbocycles. The first-order valence-corrected chi connectivity index (χ1v) is 19.2. The normalized spacial score (nSPS) is 11.6. The Morgan fingerprint density at radius 3 is 0.588 bits per heavy atom. The molecule has 0 heterocycles. The van der Waals surface area contributed by atoms with Crippen LogP contribution in [0, 0.1) is 0 Å². The number of hydrogen-bond acceptors (Lipinski definition) is 6. The molecule has 0 bridgehead atoms. The summed E-state index contributed by atoms with van der Waals surface area (Å²) in [7, 11) is -8.93. The molecule has 0 aromatic rings. The van der Waals surface area contributed by atoms with Crippen LogP contribution in [0.15, 0.2) is 0 Å². The minimum Gasteiger partial charge on any atom is -0.799 e. The van der Waals surface area contributed by atoms with Gasteiger partial charge in [0.15, 0.2) is 0 Å². The molecule has 0 aliphatic heterocycles. The molecule has 0 aliphatic rings. The van der Waals surface area contributed by atoms with Gasteiger partial charge in [-0.25, -0.2) is 0 Å². The smallest absolute Gasteiger partial charge is 0.799 e.